The summed E-state index contributed by atoms with van der Waals surface area (Å²) in [4.78, 5) is 2.39. The normalized spacial score (nSPS) is 17.1. The van der Waals surface area contributed by atoms with E-state index in [1.165, 1.54) is 24.2 Å². The van der Waals surface area contributed by atoms with Crippen LogP contribution in [0.2, 0.25) is 0 Å². The van der Waals surface area contributed by atoms with Gasteiger partial charge in [0, 0.05) is 24.6 Å². The molecule has 0 spiro atoms. The Morgan fingerprint density at radius 2 is 2.14 bits per heavy atom. The Morgan fingerprint density at radius 1 is 1.38 bits per heavy atom. The fraction of sp³-hybridized carbons (Fsp3) is 0.400. The Morgan fingerprint density at radius 3 is 2.86 bits per heavy atom. The van der Waals surface area contributed by atoms with Crippen LogP contribution >= 0.6 is 15.9 Å². The number of anilines is 1. The molecule has 0 radical (unpaired) electrons. The van der Waals surface area contributed by atoms with Crippen molar-refractivity contribution in [2.24, 2.45) is 0 Å². The van der Waals surface area contributed by atoms with E-state index in [1.54, 1.807) is 13.2 Å². The molecule has 21 heavy (non-hydrogen) atoms. The predicted molar refractivity (Wildman–Crippen MR) is 84.1 cm³/mol. The van der Waals surface area contributed by atoms with Crippen molar-refractivity contribution in [3.8, 4) is 22.8 Å². The number of benzene rings is 1. The van der Waals surface area contributed by atoms with Crippen LogP contribution in [0.1, 0.15) is 24.5 Å². The first-order valence-corrected chi connectivity index (χ1v) is 7.89. The second-order valence-electron chi connectivity index (χ2n) is 5.57. The number of phenols is 1. The van der Waals surface area contributed by atoms with E-state index in [0.29, 0.717) is 16.1 Å². The number of nitrogens with one attached hydrogen (secondary N) is 1. The molecule has 1 aromatic heterocycles. The molecule has 2 N–H and O–H groups in total. The molecule has 0 saturated carbocycles. The molecule has 6 heteroatoms. The van der Waals surface area contributed by atoms with E-state index in [2.05, 4.69) is 31.0 Å². The summed E-state index contributed by atoms with van der Waals surface area (Å²) in [6, 6.07) is 3.70. The van der Waals surface area contributed by atoms with Crippen LogP contribution in [0.5, 0.6) is 11.5 Å². The lowest BCUT2D eigenvalue weighted by molar-refractivity contribution is 0.372. The molecule has 110 valence electrons. The van der Waals surface area contributed by atoms with E-state index in [-0.39, 0.29) is 5.75 Å². The van der Waals surface area contributed by atoms with E-state index in [0.717, 1.165) is 24.3 Å². The zero-order valence-electron chi connectivity index (χ0n) is 11.7. The van der Waals surface area contributed by atoms with Crippen LogP contribution in [0.15, 0.2) is 16.6 Å². The summed E-state index contributed by atoms with van der Waals surface area (Å²) in [6.45, 7) is 2.17. The maximum Gasteiger partial charge on any atom is 0.172 e. The van der Waals surface area contributed by atoms with Crippen molar-refractivity contribution in [2.75, 3.05) is 25.1 Å². The highest BCUT2D eigenvalue weighted by Gasteiger charge is 2.35. The molecule has 5 nitrogen and oxygen atoms in total. The molecule has 1 saturated heterocycles. The van der Waals surface area contributed by atoms with Crippen molar-refractivity contribution in [1.82, 2.24) is 10.2 Å². The molecule has 0 aliphatic carbocycles. The largest absolute Gasteiger partial charge is 0.503 e. The van der Waals surface area contributed by atoms with Crippen LogP contribution in [0.3, 0.4) is 0 Å². The van der Waals surface area contributed by atoms with Gasteiger partial charge in [-0.05, 0) is 40.9 Å². The van der Waals surface area contributed by atoms with Gasteiger partial charge in [-0.25, -0.2) is 0 Å². The second-order valence-corrected chi connectivity index (χ2v) is 6.37. The molecule has 3 aliphatic heterocycles. The Labute approximate surface area is 131 Å². The van der Waals surface area contributed by atoms with E-state index < -0.39 is 0 Å². The minimum absolute atomic E-state index is 0.114. The SMILES string of the molecule is COc1ccc(-c2n[nH]c3c2N2CCC3CC2)c(Br)c1O. The Hall–Kier alpha value is -1.69. The van der Waals surface area contributed by atoms with Crippen molar-refractivity contribution < 1.29 is 9.84 Å². The van der Waals surface area contributed by atoms with Gasteiger partial charge in [-0.1, -0.05) is 0 Å². The van der Waals surface area contributed by atoms with Crippen LogP contribution in [0.25, 0.3) is 11.3 Å². The van der Waals surface area contributed by atoms with Crippen LogP contribution in [-0.2, 0) is 0 Å². The lowest BCUT2D eigenvalue weighted by Gasteiger charge is -2.40. The number of halogens is 1. The summed E-state index contributed by atoms with van der Waals surface area (Å²) in [7, 11) is 1.54. The van der Waals surface area contributed by atoms with Crippen LogP contribution < -0.4 is 9.64 Å². The first-order chi connectivity index (χ1) is 10.2. The summed E-state index contributed by atoms with van der Waals surface area (Å²) in [5.41, 5.74) is 4.23. The minimum Gasteiger partial charge on any atom is -0.503 e. The average Bonchev–Trinajstić information content (AvgIpc) is 2.98. The standard InChI is InChI=1S/C15H16BrN3O2/c1-21-10-3-2-9(11(16)15(10)20)13-14-12(17-18-13)8-4-6-19(14)7-5-8/h2-3,8,20H,4-7H2,1H3,(H,17,18). The summed E-state index contributed by atoms with van der Waals surface area (Å²) < 4.78 is 5.77. The van der Waals surface area contributed by atoms with Crippen molar-refractivity contribution in [3.05, 3.63) is 22.3 Å². The van der Waals surface area contributed by atoms with Crippen LogP contribution in [0.4, 0.5) is 5.69 Å². The van der Waals surface area contributed by atoms with Gasteiger partial charge in [0.05, 0.1) is 23.0 Å². The molecule has 0 atom stereocenters. The number of H-pyrrole nitrogens is 1. The fourth-order valence-electron chi connectivity index (χ4n) is 3.43. The van der Waals surface area contributed by atoms with Gasteiger partial charge in [0.2, 0.25) is 0 Å². The Kier molecular flexibility index (Phi) is 2.89. The van der Waals surface area contributed by atoms with Gasteiger partial charge in [-0.2, -0.15) is 5.10 Å². The van der Waals surface area contributed by atoms with Gasteiger partial charge < -0.3 is 14.7 Å². The van der Waals surface area contributed by atoms with Crippen molar-refractivity contribution in [1.29, 1.82) is 0 Å². The zero-order chi connectivity index (χ0) is 14.6. The van der Waals surface area contributed by atoms with E-state index in [9.17, 15) is 5.11 Å². The average molecular weight is 350 g/mol. The molecule has 1 aromatic carbocycles. The highest BCUT2D eigenvalue weighted by molar-refractivity contribution is 9.10. The lowest BCUT2D eigenvalue weighted by atomic mass is 9.86. The molecule has 0 unspecified atom stereocenters. The maximum atomic E-state index is 10.2. The number of phenolic OH excluding ortho intramolecular Hbond substituents is 1. The number of methoxy groups -OCH3 is 1. The van der Waals surface area contributed by atoms with E-state index in [4.69, 9.17) is 4.74 Å². The second kappa shape index (κ2) is 4.66. The third kappa shape index (κ3) is 1.78. The van der Waals surface area contributed by atoms with Gasteiger partial charge >= 0.3 is 0 Å². The number of hydrogen-bond acceptors (Lipinski definition) is 4. The van der Waals surface area contributed by atoms with Crippen LogP contribution in [-0.4, -0.2) is 35.5 Å². The number of ether oxygens (including phenoxy) is 1. The molecule has 3 aliphatic rings. The summed E-state index contributed by atoms with van der Waals surface area (Å²) in [5.74, 6) is 1.16. The fourth-order valence-corrected chi connectivity index (χ4v) is 3.94. The molecule has 4 heterocycles. The molecular formula is C15H16BrN3O2. The number of fused-ring (bicyclic) bond motifs is 2. The van der Waals surface area contributed by atoms with Gasteiger partial charge in [-0.3, -0.25) is 5.10 Å². The van der Waals surface area contributed by atoms with E-state index >= 15 is 0 Å². The molecular weight excluding hydrogens is 334 g/mol. The molecule has 1 fully saturated rings. The quantitative estimate of drug-likeness (QED) is 0.873. The van der Waals surface area contributed by atoms with Gasteiger partial charge in [0.15, 0.2) is 11.5 Å². The third-order valence-electron chi connectivity index (χ3n) is 4.54. The first kappa shape index (κ1) is 13.0. The monoisotopic (exact) mass is 349 g/mol. The minimum atomic E-state index is 0.114. The van der Waals surface area contributed by atoms with Crippen molar-refractivity contribution in [2.45, 2.75) is 18.8 Å². The number of rotatable bonds is 2. The third-order valence-corrected chi connectivity index (χ3v) is 5.34. The highest BCUT2D eigenvalue weighted by Crippen LogP contribution is 2.49. The molecule has 2 aromatic rings. The molecule has 2 bridgehead atoms. The van der Waals surface area contributed by atoms with Gasteiger partial charge in [0.25, 0.3) is 0 Å². The van der Waals surface area contributed by atoms with E-state index in [1.807, 2.05) is 6.07 Å². The lowest BCUT2D eigenvalue weighted by Crippen LogP contribution is -2.38. The summed E-state index contributed by atoms with van der Waals surface area (Å²) in [6.07, 6.45) is 2.40. The molecule has 0 amide bonds. The number of nitrogens with zero attached hydrogens (tertiary/aromatic N) is 2. The smallest absolute Gasteiger partial charge is 0.172 e. The number of piperidine rings is 1. The topological polar surface area (TPSA) is 61.4 Å². The zero-order valence-corrected chi connectivity index (χ0v) is 13.3. The predicted octanol–water partition coefficient (Wildman–Crippen LogP) is 3.25. The Bertz CT molecular complexity index is 705. The Balaban J connectivity index is 1.88. The van der Waals surface area contributed by atoms with Gasteiger partial charge in [0.1, 0.15) is 5.69 Å². The number of aromatic hydroxyl groups is 1. The number of hydrogen-bond donors (Lipinski definition) is 2. The molecule has 5 rings (SSSR count). The first-order valence-electron chi connectivity index (χ1n) is 7.09. The maximum absolute atomic E-state index is 10.2. The van der Waals surface area contributed by atoms with Gasteiger partial charge in [-0.15, -0.1) is 0 Å². The van der Waals surface area contributed by atoms with Crippen molar-refractivity contribution in [3.63, 3.8) is 0 Å². The summed E-state index contributed by atoms with van der Waals surface area (Å²) >= 11 is 3.47. The summed E-state index contributed by atoms with van der Waals surface area (Å²) in [5, 5.41) is 17.9. The number of aromatic amines is 1. The van der Waals surface area contributed by atoms with Crippen molar-refractivity contribution >= 4 is 21.6 Å². The number of aromatic nitrogens is 2. The highest BCUT2D eigenvalue weighted by atomic mass is 79.9. The van der Waals surface area contributed by atoms with Crippen LogP contribution in [0, 0.1) is 0 Å².